The first-order chi connectivity index (χ1) is 11.4. The number of anilines is 1. The zero-order chi connectivity index (χ0) is 17.4. The van der Waals surface area contributed by atoms with Crippen LogP contribution in [-0.4, -0.2) is 16.4 Å². The van der Waals surface area contributed by atoms with Gasteiger partial charge in [0.25, 0.3) is 5.91 Å². The molecule has 1 amide bonds. The molecule has 1 heterocycles. The number of hydrogen-bond donors (Lipinski definition) is 1. The lowest BCUT2D eigenvalue weighted by atomic mass is 10.1. The molecule has 0 saturated heterocycles. The zero-order valence-electron chi connectivity index (χ0n) is 13.7. The highest BCUT2D eigenvalue weighted by molar-refractivity contribution is 6.31. The fourth-order valence-corrected chi connectivity index (χ4v) is 2.88. The molecule has 0 aliphatic rings. The van der Waals surface area contributed by atoms with Crippen molar-refractivity contribution < 1.29 is 9.59 Å². The molecule has 122 valence electrons. The first-order valence-corrected chi connectivity index (χ1v) is 7.95. The SMILES string of the molecule is CC(=O)n1cc(C(=O)Nc2cc(C)ccc2C)c2cc(Cl)ccc21. The summed E-state index contributed by atoms with van der Waals surface area (Å²) in [6.07, 6.45) is 1.56. The Kier molecular flexibility index (Phi) is 4.16. The summed E-state index contributed by atoms with van der Waals surface area (Å²) >= 11 is 6.06. The maximum atomic E-state index is 12.8. The standard InChI is InChI=1S/C19H17ClN2O2/c1-11-4-5-12(2)17(8-11)21-19(24)16-10-22(13(3)23)18-7-6-14(20)9-15(16)18/h4-10H,1-3H3,(H,21,24). The molecule has 0 aliphatic heterocycles. The Morgan fingerprint density at radius 2 is 1.83 bits per heavy atom. The molecule has 0 unspecified atom stereocenters. The van der Waals surface area contributed by atoms with Crippen molar-refractivity contribution in [2.75, 3.05) is 5.32 Å². The molecule has 3 rings (SSSR count). The van der Waals surface area contributed by atoms with Gasteiger partial charge in [-0.1, -0.05) is 23.7 Å². The summed E-state index contributed by atoms with van der Waals surface area (Å²) in [5.74, 6) is -0.427. The Morgan fingerprint density at radius 1 is 1.08 bits per heavy atom. The maximum Gasteiger partial charge on any atom is 0.257 e. The minimum atomic E-state index is -0.268. The van der Waals surface area contributed by atoms with Crippen LogP contribution in [0.5, 0.6) is 0 Å². The minimum absolute atomic E-state index is 0.159. The van der Waals surface area contributed by atoms with Gasteiger partial charge in [0, 0.05) is 29.2 Å². The van der Waals surface area contributed by atoms with Gasteiger partial charge in [0.05, 0.1) is 11.1 Å². The molecule has 5 heteroatoms. The number of aryl methyl sites for hydroxylation is 2. The van der Waals surface area contributed by atoms with Crippen LogP contribution in [0.3, 0.4) is 0 Å². The third kappa shape index (κ3) is 2.93. The lowest BCUT2D eigenvalue weighted by molar-refractivity contribution is 0.0941. The monoisotopic (exact) mass is 340 g/mol. The quantitative estimate of drug-likeness (QED) is 0.726. The Hall–Kier alpha value is -2.59. The van der Waals surface area contributed by atoms with E-state index in [4.69, 9.17) is 11.6 Å². The van der Waals surface area contributed by atoms with Gasteiger partial charge < -0.3 is 5.32 Å². The van der Waals surface area contributed by atoms with Crippen molar-refractivity contribution >= 4 is 40.0 Å². The second kappa shape index (κ2) is 6.13. The average molecular weight is 341 g/mol. The van der Waals surface area contributed by atoms with E-state index in [2.05, 4.69) is 5.32 Å². The van der Waals surface area contributed by atoms with Crippen molar-refractivity contribution in [1.29, 1.82) is 0 Å². The van der Waals surface area contributed by atoms with Gasteiger partial charge in [0.1, 0.15) is 0 Å². The van der Waals surface area contributed by atoms with Gasteiger partial charge in [-0.3, -0.25) is 14.2 Å². The van der Waals surface area contributed by atoms with Crippen LogP contribution >= 0.6 is 11.6 Å². The largest absolute Gasteiger partial charge is 0.322 e. The van der Waals surface area contributed by atoms with E-state index >= 15 is 0 Å². The molecule has 0 fully saturated rings. The van der Waals surface area contributed by atoms with Crippen molar-refractivity contribution in [2.45, 2.75) is 20.8 Å². The molecule has 1 N–H and O–H groups in total. The molecule has 0 saturated carbocycles. The molecule has 0 aliphatic carbocycles. The van der Waals surface area contributed by atoms with Crippen molar-refractivity contribution in [3.63, 3.8) is 0 Å². The third-order valence-electron chi connectivity index (χ3n) is 3.99. The molecule has 1 aromatic heterocycles. The molecular weight excluding hydrogens is 324 g/mol. The van der Waals surface area contributed by atoms with Crippen molar-refractivity contribution in [1.82, 2.24) is 4.57 Å². The Bertz CT molecular complexity index is 973. The van der Waals surface area contributed by atoms with E-state index in [9.17, 15) is 9.59 Å². The number of fused-ring (bicyclic) bond motifs is 1. The highest BCUT2D eigenvalue weighted by atomic mass is 35.5. The maximum absolute atomic E-state index is 12.8. The van der Waals surface area contributed by atoms with Crippen LogP contribution in [-0.2, 0) is 0 Å². The molecule has 0 bridgehead atoms. The van der Waals surface area contributed by atoms with Crippen molar-refractivity contribution in [2.24, 2.45) is 0 Å². The normalized spacial score (nSPS) is 10.8. The first kappa shape index (κ1) is 16.3. The van der Waals surface area contributed by atoms with E-state index in [0.29, 0.717) is 21.5 Å². The van der Waals surface area contributed by atoms with E-state index < -0.39 is 0 Å². The summed E-state index contributed by atoms with van der Waals surface area (Å²) < 4.78 is 1.46. The number of nitrogens with one attached hydrogen (secondary N) is 1. The fraction of sp³-hybridized carbons (Fsp3) is 0.158. The number of benzene rings is 2. The van der Waals surface area contributed by atoms with Crippen molar-refractivity contribution in [3.8, 4) is 0 Å². The fourth-order valence-electron chi connectivity index (χ4n) is 2.70. The average Bonchev–Trinajstić information content (AvgIpc) is 2.89. The van der Waals surface area contributed by atoms with Gasteiger partial charge in [-0.2, -0.15) is 0 Å². The highest BCUT2D eigenvalue weighted by Crippen LogP contribution is 2.26. The molecule has 3 aromatic rings. The number of rotatable bonds is 2. The number of halogens is 1. The van der Waals surface area contributed by atoms with E-state index in [1.807, 2.05) is 32.0 Å². The summed E-state index contributed by atoms with van der Waals surface area (Å²) in [5, 5.41) is 4.10. The predicted octanol–water partition coefficient (Wildman–Crippen LogP) is 4.82. The smallest absolute Gasteiger partial charge is 0.257 e. The third-order valence-corrected chi connectivity index (χ3v) is 4.23. The van der Waals surface area contributed by atoms with Gasteiger partial charge in [0.15, 0.2) is 0 Å². The predicted molar refractivity (Wildman–Crippen MR) is 97.1 cm³/mol. The van der Waals surface area contributed by atoms with Gasteiger partial charge in [-0.05, 0) is 49.2 Å². The number of amides is 1. The number of aromatic nitrogens is 1. The van der Waals surface area contributed by atoms with Crippen molar-refractivity contribution in [3.05, 3.63) is 64.3 Å². The summed E-state index contributed by atoms with van der Waals surface area (Å²) in [6.45, 7) is 5.36. The molecular formula is C19H17ClN2O2. The van der Waals surface area contributed by atoms with Crippen LogP contribution in [0.25, 0.3) is 10.9 Å². The van der Waals surface area contributed by atoms with E-state index in [1.54, 1.807) is 24.4 Å². The van der Waals surface area contributed by atoms with Gasteiger partial charge in [-0.15, -0.1) is 0 Å². The lowest BCUT2D eigenvalue weighted by Gasteiger charge is -2.09. The molecule has 0 radical (unpaired) electrons. The van der Waals surface area contributed by atoms with Gasteiger partial charge in [-0.25, -0.2) is 0 Å². The van der Waals surface area contributed by atoms with Crippen LogP contribution in [0.2, 0.25) is 5.02 Å². The Balaban J connectivity index is 2.08. The Labute approximate surface area is 145 Å². The second-order valence-electron chi connectivity index (χ2n) is 5.87. The van der Waals surface area contributed by atoms with Gasteiger partial charge >= 0.3 is 0 Å². The van der Waals surface area contributed by atoms with E-state index in [-0.39, 0.29) is 11.8 Å². The van der Waals surface area contributed by atoms with E-state index in [0.717, 1.165) is 16.8 Å². The number of nitrogens with zero attached hydrogens (tertiary/aromatic N) is 1. The van der Waals surface area contributed by atoms with Crippen LogP contribution in [0.15, 0.2) is 42.6 Å². The molecule has 0 atom stereocenters. The minimum Gasteiger partial charge on any atom is -0.322 e. The number of hydrogen-bond acceptors (Lipinski definition) is 2. The molecule has 2 aromatic carbocycles. The Morgan fingerprint density at radius 3 is 2.54 bits per heavy atom. The van der Waals surface area contributed by atoms with Crippen LogP contribution in [0, 0.1) is 13.8 Å². The zero-order valence-corrected chi connectivity index (χ0v) is 14.4. The highest BCUT2D eigenvalue weighted by Gasteiger charge is 2.18. The molecule has 0 spiro atoms. The van der Waals surface area contributed by atoms with Crippen LogP contribution in [0.1, 0.15) is 33.2 Å². The first-order valence-electron chi connectivity index (χ1n) is 7.57. The summed E-state index contributed by atoms with van der Waals surface area (Å²) in [5.41, 5.74) is 3.87. The number of carbonyl (C=O) groups excluding carboxylic acids is 2. The topological polar surface area (TPSA) is 51.1 Å². The van der Waals surface area contributed by atoms with Crippen LogP contribution in [0.4, 0.5) is 5.69 Å². The summed E-state index contributed by atoms with van der Waals surface area (Å²) in [6, 6.07) is 11.0. The molecule has 24 heavy (non-hydrogen) atoms. The second-order valence-corrected chi connectivity index (χ2v) is 6.30. The number of carbonyl (C=O) groups is 2. The van der Waals surface area contributed by atoms with Crippen LogP contribution < -0.4 is 5.32 Å². The summed E-state index contributed by atoms with van der Waals surface area (Å²) in [7, 11) is 0. The lowest BCUT2D eigenvalue weighted by Crippen LogP contribution is -2.13. The molecule has 4 nitrogen and oxygen atoms in total. The van der Waals surface area contributed by atoms with Gasteiger partial charge in [0.2, 0.25) is 5.91 Å². The van der Waals surface area contributed by atoms with E-state index in [1.165, 1.54) is 11.5 Å². The summed E-state index contributed by atoms with van der Waals surface area (Å²) in [4.78, 5) is 24.6.